The summed E-state index contributed by atoms with van der Waals surface area (Å²) in [5.41, 5.74) is -0.471. The van der Waals surface area contributed by atoms with Crippen LogP contribution >= 0.6 is 11.8 Å². The summed E-state index contributed by atoms with van der Waals surface area (Å²) in [5, 5.41) is 0. The molecule has 28 heavy (non-hydrogen) atoms. The standard InChI is InChI=1S/C20H25F3N2O2S/c1-2-3-4-8-17(26)24-11-9-19(10-12-24)25(18(27)14-28-19)16-7-5-6-15(13-16)20(21,22)23/h5-7,13H,2-4,8-12,14H2,1H3. The van der Waals surface area contributed by atoms with Gasteiger partial charge in [0.25, 0.3) is 0 Å². The number of rotatable bonds is 5. The van der Waals surface area contributed by atoms with E-state index in [0.29, 0.717) is 32.4 Å². The number of halogens is 3. The van der Waals surface area contributed by atoms with Crippen molar-refractivity contribution in [3.05, 3.63) is 29.8 Å². The number of alkyl halides is 3. The molecule has 1 spiro atoms. The van der Waals surface area contributed by atoms with Gasteiger partial charge in [-0.15, -0.1) is 11.8 Å². The molecule has 0 saturated carbocycles. The Labute approximate surface area is 167 Å². The Kier molecular flexibility index (Phi) is 6.27. The van der Waals surface area contributed by atoms with Crippen LogP contribution in [0.3, 0.4) is 0 Å². The van der Waals surface area contributed by atoms with Crippen LogP contribution < -0.4 is 4.90 Å². The van der Waals surface area contributed by atoms with Gasteiger partial charge in [0.1, 0.15) is 0 Å². The number of carbonyl (C=O) groups excluding carboxylic acids is 2. The van der Waals surface area contributed by atoms with Gasteiger partial charge in [-0.2, -0.15) is 13.2 Å². The maximum absolute atomic E-state index is 13.1. The SMILES string of the molecule is CCCCCC(=O)N1CCC2(CC1)SCC(=O)N2c1cccc(C(F)(F)F)c1. The first-order chi connectivity index (χ1) is 13.3. The Hall–Kier alpha value is -1.70. The molecule has 2 heterocycles. The number of piperidine rings is 1. The second-order valence-electron chi connectivity index (χ2n) is 7.35. The minimum atomic E-state index is -4.45. The topological polar surface area (TPSA) is 40.6 Å². The van der Waals surface area contributed by atoms with Gasteiger partial charge in [-0.3, -0.25) is 14.5 Å². The number of carbonyl (C=O) groups is 2. The van der Waals surface area contributed by atoms with E-state index in [1.165, 1.54) is 22.7 Å². The van der Waals surface area contributed by atoms with Crippen molar-refractivity contribution >= 4 is 29.3 Å². The Bertz CT molecular complexity index is 730. The smallest absolute Gasteiger partial charge is 0.342 e. The molecule has 0 aliphatic carbocycles. The normalized spacial score (nSPS) is 19.5. The van der Waals surface area contributed by atoms with Crippen LogP contribution in [0.25, 0.3) is 0 Å². The molecule has 0 atom stereocenters. The highest BCUT2D eigenvalue weighted by Gasteiger charge is 2.49. The van der Waals surface area contributed by atoms with Gasteiger partial charge in [-0.1, -0.05) is 25.8 Å². The molecule has 3 rings (SSSR count). The van der Waals surface area contributed by atoms with Crippen LogP contribution in [0, 0.1) is 0 Å². The van der Waals surface area contributed by atoms with E-state index in [1.54, 1.807) is 6.07 Å². The van der Waals surface area contributed by atoms with Gasteiger partial charge in [0.2, 0.25) is 11.8 Å². The van der Waals surface area contributed by atoms with Crippen molar-refractivity contribution in [2.24, 2.45) is 0 Å². The maximum Gasteiger partial charge on any atom is 0.416 e. The fourth-order valence-corrected chi connectivity index (χ4v) is 5.24. The summed E-state index contributed by atoms with van der Waals surface area (Å²) in [6.07, 6.45) is 0.175. The van der Waals surface area contributed by atoms with Crippen molar-refractivity contribution < 1.29 is 22.8 Å². The minimum Gasteiger partial charge on any atom is -0.342 e. The van der Waals surface area contributed by atoms with Crippen molar-refractivity contribution in [2.75, 3.05) is 23.7 Å². The zero-order valence-electron chi connectivity index (χ0n) is 15.9. The monoisotopic (exact) mass is 414 g/mol. The fraction of sp³-hybridized carbons (Fsp3) is 0.600. The molecule has 154 valence electrons. The lowest BCUT2D eigenvalue weighted by atomic mass is 10.00. The van der Waals surface area contributed by atoms with Crippen LogP contribution in [0.2, 0.25) is 0 Å². The van der Waals surface area contributed by atoms with Gasteiger partial charge in [0.15, 0.2) is 0 Å². The molecule has 0 aromatic heterocycles. The zero-order chi connectivity index (χ0) is 20.4. The average molecular weight is 414 g/mol. The summed E-state index contributed by atoms with van der Waals surface area (Å²) in [4.78, 5) is 27.7. The maximum atomic E-state index is 13.1. The predicted molar refractivity (Wildman–Crippen MR) is 104 cm³/mol. The molecule has 0 bridgehead atoms. The van der Waals surface area contributed by atoms with Crippen molar-refractivity contribution in [1.82, 2.24) is 4.90 Å². The molecule has 2 amide bonds. The van der Waals surface area contributed by atoms with Gasteiger partial charge in [0.05, 0.1) is 16.2 Å². The van der Waals surface area contributed by atoms with E-state index in [2.05, 4.69) is 6.92 Å². The number of thioether (sulfide) groups is 1. The number of benzene rings is 1. The van der Waals surface area contributed by atoms with E-state index in [1.807, 2.05) is 4.90 Å². The molecule has 0 radical (unpaired) electrons. The van der Waals surface area contributed by atoms with E-state index in [4.69, 9.17) is 0 Å². The summed E-state index contributed by atoms with van der Waals surface area (Å²) in [7, 11) is 0. The molecular formula is C20H25F3N2O2S. The van der Waals surface area contributed by atoms with Crippen molar-refractivity contribution in [3.8, 4) is 0 Å². The molecule has 1 aromatic carbocycles. The van der Waals surface area contributed by atoms with Crippen molar-refractivity contribution in [3.63, 3.8) is 0 Å². The first kappa shape index (κ1) is 21.0. The summed E-state index contributed by atoms with van der Waals surface area (Å²) in [6.45, 7) is 3.15. The number of unbranched alkanes of at least 4 members (excludes halogenated alkanes) is 2. The average Bonchev–Trinajstić information content (AvgIpc) is 2.97. The van der Waals surface area contributed by atoms with E-state index in [0.717, 1.165) is 31.4 Å². The number of hydrogen-bond acceptors (Lipinski definition) is 3. The summed E-state index contributed by atoms with van der Waals surface area (Å²) in [6, 6.07) is 4.97. The number of likely N-dealkylation sites (tertiary alicyclic amines) is 1. The van der Waals surface area contributed by atoms with Crippen LogP contribution in [0.4, 0.5) is 18.9 Å². The minimum absolute atomic E-state index is 0.128. The van der Waals surface area contributed by atoms with Gasteiger partial charge in [0, 0.05) is 25.2 Å². The highest BCUT2D eigenvalue weighted by Crippen LogP contribution is 2.47. The van der Waals surface area contributed by atoms with Crippen molar-refractivity contribution in [2.45, 2.75) is 56.5 Å². The van der Waals surface area contributed by atoms with E-state index < -0.39 is 16.6 Å². The molecule has 0 unspecified atom stereocenters. The molecule has 2 aliphatic heterocycles. The van der Waals surface area contributed by atoms with E-state index in [-0.39, 0.29) is 23.3 Å². The van der Waals surface area contributed by atoms with Gasteiger partial charge in [-0.05, 0) is 37.5 Å². The Morgan fingerprint density at radius 1 is 1.21 bits per heavy atom. The van der Waals surface area contributed by atoms with Crippen molar-refractivity contribution in [1.29, 1.82) is 0 Å². The molecule has 4 nitrogen and oxygen atoms in total. The summed E-state index contributed by atoms with van der Waals surface area (Å²) in [5.74, 6) is 0.205. The van der Waals surface area contributed by atoms with Crippen LogP contribution in [-0.2, 0) is 15.8 Å². The third kappa shape index (κ3) is 4.31. The first-order valence-corrected chi connectivity index (χ1v) is 10.7. The van der Waals surface area contributed by atoms with Gasteiger partial charge in [-0.25, -0.2) is 0 Å². The second-order valence-corrected chi connectivity index (χ2v) is 8.69. The lowest BCUT2D eigenvalue weighted by molar-refractivity contribution is -0.137. The molecule has 2 fully saturated rings. The van der Waals surface area contributed by atoms with E-state index >= 15 is 0 Å². The number of hydrogen-bond donors (Lipinski definition) is 0. The van der Waals surface area contributed by atoms with Crippen LogP contribution in [0.1, 0.15) is 51.0 Å². The van der Waals surface area contributed by atoms with Gasteiger partial charge >= 0.3 is 6.18 Å². The first-order valence-electron chi connectivity index (χ1n) is 9.69. The molecular weight excluding hydrogens is 389 g/mol. The Morgan fingerprint density at radius 3 is 2.57 bits per heavy atom. The summed E-state index contributed by atoms with van der Waals surface area (Å²) < 4.78 is 39.3. The highest BCUT2D eigenvalue weighted by molar-refractivity contribution is 8.02. The van der Waals surface area contributed by atoms with Crippen LogP contribution in [0.5, 0.6) is 0 Å². The fourth-order valence-electron chi connectivity index (χ4n) is 3.91. The number of nitrogens with zero attached hydrogens (tertiary/aromatic N) is 2. The van der Waals surface area contributed by atoms with Crippen LogP contribution in [0.15, 0.2) is 24.3 Å². The Balaban J connectivity index is 1.74. The lowest BCUT2D eigenvalue weighted by Crippen LogP contribution is -2.53. The molecule has 1 aromatic rings. The van der Waals surface area contributed by atoms with Crippen LogP contribution in [-0.4, -0.2) is 40.4 Å². The largest absolute Gasteiger partial charge is 0.416 e. The number of anilines is 1. The highest BCUT2D eigenvalue weighted by atomic mass is 32.2. The zero-order valence-corrected chi connectivity index (χ0v) is 16.7. The summed E-state index contributed by atoms with van der Waals surface area (Å²) >= 11 is 1.48. The molecule has 2 aliphatic rings. The van der Waals surface area contributed by atoms with Gasteiger partial charge < -0.3 is 4.90 Å². The molecule has 0 N–H and O–H groups in total. The third-order valence-electron chi connectivity index (χ3n) is 5.44. The second kappa shape index (κ2) is 8.35. The third-order valence-corrected chi connectivity index (χ3v) is 6.96. The van der Waals surface area contributed by atoms with E-state index in [9.17, 15) is 22.8 Å². The molecule has 8 heteroatoms. The molecule has 2 saturated heterocycles. The number of amides is 2. The Morgan fingerprint density at radius 2 is 1.93 bits per heavy atom. The predicted octanol–water partition coefficient (Wildman–Crippen LogP) is 4.68. The quantitative estimate of drug-likeness (QED) is 0.657. The lowest BCUT2D eigenvalue weighted by Gasteiger charge is -2.44.